The lowest BCUT2D eigenvalue weighted by Gasteiger charge is -2.57. The van der Waals surface area contributed by atoms with E-state index >= 15 is 0 Å². The van der Waals surface area contributed by atoms with E-state index in [1.54, 1.807) is 12.1 Å². The molecule has 226 valence electrons. The van der Waals surface area contributed by atoms with E-state index in [0.717, 1.165) is 4.90 Å². The van der Waals surface area contributed by atoms with Gasteiger partial charge in [-0.05, 0) is 37.9 Å². The normalized spacial score (nSPS) is 31.7. The van der Waals surface area contributed by atoms with Gasteiger partial charge in [0.05, 0.1) is 23.4 Å². The number of ether oxygens (including phenoxy) is 1. The average molecular weight is 609 g/mol. The van der Waals surface area contributed by atoms with Crippen LogP contribution in [0.15, 0.2) is 53.4 Å². The summed E-state index contributed by atoms with van der Waals surface area (Å²) in [6.45, 7) is 1.53. The third kappa shape index (κ3) is 4.68. The smallest absolute Gasteiger partial charge is 0.305 e. The van der Waals surface area contributed by atoms with Crippen molar-refractivity contribution in [3.8, 4) is 5.75 Å². The molecule has 0 bridgehead atoms. The van der Waals surface area contributed by atoms with Crippen LogP contribution in [-0.2, 0) is 28.7 Å². The number of carbonyl (C=O) groups is 6. The van der Waals surface area contributed by atoms with Gasteiger partial charge in [-0.2, -0.15) is 0 Å². The van der Waals surface area contributed by atoms with Crippen LogP contribution in [0, 0.1) is 23.7 Å². The van der Waals surface area contributed by atoms with E-state index in [2.05, 4.69) is 0 Å². The van der Waals surface area contributed by atoms with E-state index in [9.17, 15) is 39.0 Å². The Balaban J connectivity index is 1.77. The summed E-state index contributed by atoms with van der Waals surface area (Å²) in [4.78, 5) is 83.4. The summed E-state index contributed by atoms with van der Waals surface area (Å²) in [7, 11) is 2.93. The highest BCUT2D eigenvalue weighted by atomic mass is 32.2. The zero-order valence-electron chi connectivity index (χ0n) is 23.8. The molecule has 0 saturated heterocycles. The fourth-order valence-electron chi connectivity index (χ4n) is 7.02. The van der Waals surface area contributed by atoms with Gasteiger partial charge in [0, 0.05) is 28.9 Å². The van der Waals surface area contributed by atoms with Gasteiger partial charge < -0.3 is 20.7 Å². The Labute approximate surface area is 251 Å². The highest BCUT2D eigenvalue weighted by molar-refractivity contribution is 7.99. The largest absolute Gasteiger partial charge is 0.507 e. The van der Waals surface area contributed by atoms with Gasteiger partial charge >= 0.3 is 5.97 Å². The molecular formula is C31H32N2O9S. The van der Waals surface area contributed by atoms with Crippen molar-refractivity contribution in [2.24, 2.45) is 29.4 Å². The van der Waals surface area contributed by atoms with Crippen LogP contribution in [0.4, 0.5) is 0 Å². The lowest BCUT2D eigenvalue weighted by Crippen LogP contribution is -2.78. The number of esters is 1. The van der Waals surface area contributed by atoms with Crippen molar-refractivity contribution < 1.29 is 43.7 Å². The second-order valence-electron chi connectivity index (χ2n) is 11.4. The van der Waals surface area contributed by atoms with Crippen molar-refractivity contribution in [1.29, 1.82) is 0 Å². The molecule has 2 fully saturated rings. The molecule has 11 nitrogen and oxygen atoms in total. The number of phenols is 1. The Hall–Kier alpha value is -3.87. The Morgan fingerprint density at radius 1 is 1.02 bits per heavy atom. The molecule has 0 heterocycles. The standard InChI is InChI=1S/C31H32N2O9S/c1-4-18(35)42-27-20-16(13-43-14-9-6-5-7-10-14)15-11-8-12-17(34)19(15)25(36)21(20)28(38)31(41)23(27)24(33(2)3)26(37)22(29(31)39)30(32)40/h5-12,16,20-24,27,34,41H,4,13H2,1-3H3,(H2,32,40)/t16-,20+,21?,22?,23+,24-,27-,31-/m1/s1. The number of hydrogen-bond donors (Lipinski definition) is 3. The third-order valence-corrected chi connectivity index (χ3v) is 9.98. The van der Waals surface area contributed by atoms with Gasteiger partial charge in [-0.1, -0.05) is 37.3 Å². The van der Waals surface area contributed by atoms with E-state index < -0.39 is 82.3 Å². The average Bonchev–Trinajstić information content (AvgIpc) is 2.96. The van der Waals surface area contributed by atoms with Crippen molar-refractivity contribution in [2.75, 3.05) is 19.8 Å². The maximum Gasteiger partial charge on any atom is 0.305 e. The van der Waals surface area contributed by atoms with E-state index in [1.807, 2.05) is 30.3 Å². The van der Waals surface area contributed by atoms with Gasteiger partial charge in [0.2, 0.25) is 5.91 Å². The fraction of sp³-hybridized carbons (Fsp3) is 0.419. The van der Waals surface area contributed by atoms with Crippen LogP contribution in [0.3, 0.4) is 0 Å². The van der Waals surface area contributed by atoms with Gasteiger partial charge in [-0.15, -0.1) is 11.8 Å². The molecule has 1 amide bonds. The van der Waals surface area contributed by atoms with Crippen molar-refractivity contribution in [3.63, 3.8) is 0 Å². The molecule has 3 aliphatic carbocycles. The molecule has 2 aromatic rings. The number of primary amides is 1. The molecule has 0 radical (unpaired) electrons. The van der Waals surface area contributed by atoms with Crippen molar-refractivity contribution >= 4 is 46.8 Å². The SMILES string of the molecule is CCC(=O)O[C@@H]1[C@@H]2C(C(=O)c3c(O)cccc3[C@H]2CSc2ccccc2)C(=O)[C@@]2(O)C(=O)C(C(N)=O)C(=O)[C@H](N(C)C)[C@@H]12. The van der Waals surface area contributed by atoms with Gasteiger partial charge in [-0.3, -0.25) is 33.7 Å². The van der Waals surface area contributed by atoms with Gasteiger partial charge in [0.15, 0.2) is 34.7 Å². The molecule has 8 atom stereocenters. The highest BCUT2D eigenvalue weighted by Gasteiger charge is 2.74. The van der Waals surface area contributed by atoms with E-state index in [4.69, 9.17) is 10.5 Å². The number of benzene rings is 2. The Morgan fingerprint density at radius 2 is 1.70 bits per heavy atom. The van der Waals surface area contributed by atoms with Gasteiger partial charge in [0.1, 0.15) is 11.9 Å². The summed E-state index contributed by atoms with van der Waals surface area (Å²) in [6, 6.07) is 12.4. The molecule has 2 aromatic carbocycles. The predicted octanol–water partition coefficient (Wildman–Crippen LogP) is 1.13. The second-order valence-corrected chi connectivity index (χ2v) is 12.5. The molecule has 43 heavy (non-hydrogen) atoms. The molecule has 0 aliphatic heterocycles. The van der Waals surface area contributed by atoms with Crippen molar-refractivity contribution in [3.05, 3.63) is 59.7 Å². The maximum absolute atomic E-state index is 14.4. The first-order chi connectivity index (χ1) is 20.4. The summed E-state index contributed by atoms with van der Waals surface area (Å²) in [5.74, 6) is -14.0. The molecule has 5 rings (SSSR count). The number of Topliss-reactive ketones (excluding diaryl/α,β-unsaturated/α-hetero) is 4. The number of thioether (sulfide) groups is 1. The molecular weight excluding hydrogens is 576 g/mol. The number of hydrogen-bond acceptors (Lipinski definition) is 11. The van der Waals surface area contributed by atoms with Crippen LogP contribution in [0.1, 0.15) is 35.2 Å². The van der Waals surface area contributed by atoms with Crippen LogP contribution in [0.2, 0.25) is 0 Å². The summed E-state index contributed by atoms with van der Waals surface area (Å²) in [5, 5.41) is 22.9. The summed E-state index contributed by atoms with van der Waals surface area (Å²) < 4.78 is 5.92. The number of fused-ring (bicyclic) bond motifs is 3. The number of carbonyl (C=O) groups excluding carboxylic acids is 6. The zero-order valence-corrected chi connectivity index (χ0v) is 24.6. The molecule has 0 spiro atoms. The van der Waals surface area contributed by atoms with Gasteiger partial charge in [-0.25, -0.2) is 0 Å². The fourth-order valence-corrected chi connectivity index (χ4v) is 8.15. The number of nitrogens with zero attached hydrogens (tertiary/aromatic N) is 1. The number of amides is 1. The lowest BCUT2D eigenvalue weighted by molar-refractivity contribution is -0.205. The third-order valence-electron chi connectivity index (χ3n) is 8.85. The van der Waals surface area contributed by atoms with Crippen molar-refractivity contribution in [2.45, 2.75) is 41.9 Å². The maximum atomic E-state index is 14.4. The lowest BCUT2D eigenvalue weighted by atomic mass is 9.49. The first-order valence-corrected chi connectivity index (χ1v) is 14.9. The topological polar surface area (TPSA) is 181 Å². The number of phenolic OH excluding ortho intramolecular Hbond substituents is 1. The van der Waals surface area contributed by atoms with Crippen LogP contribution in [0.5, 0.6) is 5.75 Å². The van der Waals surface area contributed by atoms with E-state index in [-0.39, 0.29) is 23.5 Å². The van der Waals surface area contributed by atoms with Crippen LogP contribution in [-0.4, -0.2) is 87.7 Å². The van der Waals surface area contributed by atoms with Crippen LogP contribution in [0.25, 0.3) is 0 Å². The highest BCUT2D eigenvalue weighted by Crippen LogP contribution is 2.56. The second kappa shape index (κ2) is 11.3. The quantitative estimate of drug-likeness (QED) is 0.233. The molecule has 12 heteroatoms. The molecule has 2 saturated carbocycles. The minimum atomic E-state index is -3.06. The number of rotatable bonds is 7. The minimum Gasteiger partial charge on any atom is -0.507 e. The Bertz CT molecular complexity index is 1530. The Kier molecular flexibility index (Phi) is 8.05. The van der Waals surface area contributed by atoms with E-state index in [1.165, 1.54) is 43.7 Å². The van der Waals surface area contributed by atoms with E-state index in [0.29, 0.717) is 5.56 Å². The van der Waals surface area contributed by atoms with Gasteiger partial charge in [0.25, 0.3) is 0 Å². The monoisotopic (exact) mass is 608 g/mol. The molecule has 4 N–H and O–H groups in total. The van der Waals surface area contributed by atoms with Crippen LogP contribution >= 0.6 is 11.8 Å². The number of ketones is 4. The first-order valence-electron chi connectivity index (χ1n) is 13.9. The van der Waals surface area contributed by atoms with Crippen LogP contribution < -0.4 is 5.73 Å². The first kappa shape index (κ1) is 30.6. The number of likely N-dealkylation sites (N-methyl/N-ethyl adjacent to an activating group) is 1. The predicted molar refractivity (Wildman–Crippen MR) is 153 cm³/mol. The molecule has 2 unspecified atom stereocenters. The van der Waals surface area contributed by atoms with Crippen molar-refractivity contribution in [1.82, 2.24) is 4.90 Å². The summed E-state index contributed by atoms with van der Waals surface area (Å²) >= 11 is 1.41. The summed E-state index contributed by atoms with van der Waals surface area (Å²) in [5.41, 5.74) is 2.65. The minimum absolute atomic E-state index is 0.111. The summed E-state index contributed by atoms with van der Waals surface area (Å²) in [6.07, 6.45) is -1.59. The zero-order chi connectivity index (χ0) is 31.4. The number of nitrogens with two attached hydrogens (primary N) is 1. The molecule has 0 aromatic heterocycles. The molecule has 3 aliphatic rings. The number of aliphatic hydroxyl groups is 1. The Morgan fingerprint density at radius 3 is 2.30 bits per heavy atom. The number of aromatic hydroxyl groups is 1.